The minimum atomic E-state index is -1.45. The summed E-state index contributed by atoms with van der Waals surface area (Å²) in [5, 5.41) is 51.7. The van der Waals surface area contributed by atoms with Crippen molar-refractivity contribution in [2.24, 2.45) is 56.7 Å². The standard InChI is InChI=1S/C36H58O8/c1-19-10-15-36(31(41)42)17-16-34(6)21(26(36)20(19)2)8-9-24-33(5)13-12-25(32(3,4)23(33)11-14-35(24,34)7)44-30-29(40)28(39)27(38)22(18-37)43-30/h8,19-20,22-30,37-40H,9-18H2,1-7H3,(H,41,42)/t19-,20+,22-,23?,24-,25+,26+,27-,28+,29-,30+,33+,34-,35-,36+/m1/s1. The molecular formula is C36H58O8. The van der Waals surface area contributed by atoms with Crippen LogP contribution in [0.2, 0.25) is 0 Å². The minimum absolute atomic E-state index is 0.0351. The number of carboxylic acid groups (broad SMARTS) is 1. The number of carbonyl (C=O) groups is 1. The maximum absolute atomic E-state index is 13.0. The summed E-state index contributed by atoms with van der Waals surface area (Å²) in [6.07, 6.45) is 4.29. The predicted octanol–water partition coefficient (Wildman–Crippen LogP) is 4.91. The number of allylic oxidation sites excluding steroid dienone is 2. The van der Waals surface area contributed by atoms with Crippen molar-refractivity contribution in [3.05, 3.63) is 11.6 Å². The minimum Gasteiger partial charge on any atom is -0.481 e. The van der Waals surface area contributed by atoms with Gasteiger partial charge in [0.05, 0.1) is 18.1 Å². The third kappa shape index (κ3) is 4.26. The molecule has 8 nitrogen and oxygen atoms in total. The highest BCUT2D eigenvalue weighted by Crippen LogP contribution is 2.76. The van der Waals surface area contributed by atoms with E-state index < -0.39 is 48.7 Å². The van der Waals surface area contributed by atoms with Gasteiger partial charge in [-0.15, -0.1) is 0 Å². The summed E-state index contributed by atoms with van der Waals surface area (Å²) < 4.78 is 12.2. The number of ether oxygens (including phenoxy) is 2. The van der Waals surface area contributed by atoms with E-state index in [0.717, 1.165) is 57.8 Å². The number of carboxylic acids is 1. The highest BCUT2D eigenvalue weighted by Gasteiger charge is 2.69. The monoisotopic (exact) mass is 618 g/mol. The van der Waals surface area contributed by atoms with E-state index in [1.54, 1.807) is 0 Å². The zero-order valence-corrected chi connectivity index (χ0v) is 28.0. The van der Waals surface area contributed by atoms with Crippen LogP contribution in [0.15, 0.2) is 11.6 Å². The SMILES string of the molecule is C[C@H]1[C@H](C)CC[C@]2(C(=O)O)CC[C@]3(C)C(=CC[C@@H]4[C@@]5(C)CC[C@H](O[C@@H]6O[C@H](CO)[C@@H](O)[C@H](O)[C@H]6O)C(C)(C)C5CC[C@]43C)[C@H]12. The molecule has 0 radical (unpaired) electrons. The Bertz CT molecular complexity index is 1170. The van der Waals surface area contributed by atoms with Crippen molar-refractivity contribution in [2.75, 3.05) is 6.61 Å². The van der Waals surface area contributed by atoms with E-state index in [1.807, 2.05) is 0 Å². The lowest BCUT2D eigenvalue weighted by Gasteiger charge is -2.71. The van der Waals surface area contributed by atoms with Crippen LogP contribution >= 0.6 is 0 Å². The number of rotatable bonds is 4. The van der Waals surface area contributed by atoms with E-state index in [0.29, 0.717) is 23.7 Å². The first-order valence-electron chi connectivity index (χ1n) is 17.4. The number of hydrogen-bond acceptors (Lipinski definition) is 7. The summed E-state index contributed by atoms with van der Waals surface area (Å²) in [7, 11) is 0. The zero-order chi connectivity index (χ0) is 32.2. The molecule has 0 amide bonds. The molecule has 5 aliphatic carbocycles. The van der Waals surface area contributed by atoms with Gasteiger partial charge in [-0.3, -0.25) is 4.79 Å². The fourth-order valence-electron chi connectivity index (χ4n) is 12.4. The Labute approximate surface area is 263 Å². The van der Waals surface area contributed by atoms with Crippen molar-refractivity contribution in [3.8, 4) is 0 Å². The van der Waals surface area contributed by atoms with Crippen LogP contribution in [0.1, 0.15) is 106 Å². The summed E-state index contributed by atoms with van der Waals surface area (Å²) in [6.45, 7) is 16.2. The van der Waals surface area contributed by atoms with Crippen LogP contribution in [0.5, 0.6) is 0 Å². The third-order valence-electron chi connectivity index (χ3n) is 15.5. The molecule has 15 atom stereocenters. The van der Waals surface area contributed by atoms with Gasteiger partial charge in [-0.1, -0.05) is 60.1 Å². The van der Waals surface area contributed by atoms with E-state index in [1.165, 1.54) is 5.57 Å². The molecule has 6 aliphatic rings. The van der Waals surface area contributed by atoms with Crippen LogP contribution in [-0.4, -0.2) is 74.9 Å². The Kier molecular flexibility index (Phi) is 8.03. The molecule has 1 aliphatic heterocycles. The normalized spacial score (nSPS) is 55.1. The molecule has 0 aromatic rings. The van der Waals surface area contributed by atoms with Gasteiger partial charge in [0.25, 0.3) is 0 Å². The maximum atomic E-state index is 13.0. The quantitative estimate of drug-likeness (QED) is 0.221. The summed E-state index contributed by atoms with van der Waals surface area (Å²) in [4.78, 5) is 13.0. The fraction of sp³-hybridized carbons (Fsp3) is 0.917. The molecule has 0 bridgehead atoms. The van der Waals surface area contributed by atoms with Gasteiger partial charge >= 0.3 is 5.97 Å². The van der Waals surface area contributed by atoms with Crippen LogP contribution in [0, 0.1) is 56.7 Å². The van der Waals surface area contributed by atoms with Crippen LogP contribution in [0.3, 0.4) is 0 Å². The van der Waals surface area contributed by atoms with Gasteiger partial charge in [-0.05, 0) is 109 Å². The van der Waals surface area contributed by atoms with Gasteiger partial charge in [0.2, 0.25) is 0 Å². The highest BCUT2D eigenvalue weighted by atomic mass is 16.7. The smallest absolute Gasteiger partial charge is 0.310 e. The molecule has 0 aromatic heterocycles. The van der Waals surface area contributed by atoms with Crippen molar-refractivity contribution >= 4 is 5.97 Å². The first-order valence-corrected chi connectivity index (χ1v) is 17.4. The molecule has 1 saturated heterocycles. The first kappa shape index (κ1) is 32.9. The van der Waals surface area contributed by atoms with Gasteiger partial charge in [-0.25, -0.2) is 0 Å². The molecule has 1 heterocycles. The Hall–Kier alpha value is -1.03. The first-order chi connectivity index (χ1) is 20.5. The summed E-state index contributed by atoms with van der Waals surface area (Å²) >= 11 is 0. The molecule has 250 valence electrons. The van der Waals surface area contributed by atoms with Gasteiger partial charge < -0.3 is 35.0 Å². The van der Waals surface area contributed by atoms with Crippen LogP contribution in [0.4, 0.5) is 0 Å². The molecule has 0 spiro atoms. The second-order valence-electron chi connectivity index (χ2n) is 17.3. The fourth-order valence-corrected chi connectivity index (χ4v) is 12.4. The second-order valence-corrected chi connectivity index (χ2v) is 17.3. The average Bonchev–Trinajstić information content (AvgIpc) is 2.96. The molecule has 5 N–H and O–H groups in total. The van der Waals surface area contributed by atoms with E-state index in [4.69, 9.17) is 9.47 Å². The van der Waals surface area contributed by atoms with E-state index in [9.17, 15) is 30.3 Å². The second kappa shape index (κ2) is 10.7. The lowest BCUT2D eigenvalue weighted by atomic mass is 9.33. The Morgan fingerprint density at radius 2 is 1.61 bits per heavy atom. The number of aliphatic hydroxyl groups excluding tert-OH is 4. The molecular weight excluding hydrogens is 560 g/mol. The molecule has 4 saturated carbocycles. The highest BCUT2D eigenvalue weighted by molar-refractivity contribution is 5.76. The molecule has 0 aromatic carbocycles. The van der Waals surface area contributed by atoms with Crippen molar-refractivity contribution < 1.29 is 39.8 Å². The van der Waals surface area contributed by atoms with Crippen LogP contribution in [0.25, 0.3) is 0 Å². The topological polar surface area (TPSA) is 137 Å². The van der Waals surface area contributed by atoms with Gasteiger partial charge in [0.15, 0.2) is 6.29 Å². The largest absolute Gasteiger partial charge is 0.481 e. The summed E-state index contributed by atoms with van der Waals surface area (Å²) in [5.74, 6) is 1.21. The molecule has 8 heteroatoms. The third-order valence-corrected chi connectivity index (χ3v) is 15.5. The number of aliphatic hydroxyl groups is 4. The summed E-state index contributed by atoms with van der Waals surface area (Å²) in [5.41, 5.74) is 0.662. The van der Waals surface area contributed by atoms with Gasteiger partial charge in [-0.2, -0.15) is 0 Å². The zero-order valence-electron chi connectivity index (χ0n) is 28.0. The molecule has 44 heavy (non-hydrogen) atoms. The summed E-state index contributed by atoms with van der Waals surface area (Å²) in [6, 6.07) is 0. The molecule has 5 fully saturated rings. The number of aliphatic carboxylic acids is 1. The predicted molar refractivity (Wildman–Crippen MR) is 165 cm³/mol. The Morgan fingerprint density at radius 1 is 0.909 bits per heavy atom. The number of hydrogen-bond donors (Lipinski definition) is 5. The number of fused-ring (bicyclic) bond motifs is 7. The van der Waals surface area contributed by atoms with Crippen molar-refractivity contribution in [2.45, 2.75) is 143 Å². The lowest BCUT2D eigenvalue weighted by molar-refractivity contribution is -0.330. The average molecular weight is 619 g/mol. The van der Waals surface area contributed by atoms with E-state index in [2.05, 4.69) is 54.5 Å². The van der Waals surface area contributed by atoms with Gasteiger partial charge in [0.1, 0.15) is 24.4 Å². The van der Waals surface area contributed by atoms with Crippen LogP contribution in [-0.2, 0) is 14.3 Å². The Morgan fingerprint density at radius 3 is 2.27 bits per heavy atom. The van der Waals surface area contributed by atoms with Crippen LogP contribution < -0.4 is 0 Å². The van der Waals surface area contributed by atoms with Crippen molar-refractivity contribution in [3.63, 3.8) is 0 Å². The van der Waals surface area contributed by atoms with Crippen molar-refractivity contribution in [1.82, 2.24) is 0 Å². The van der Waals surface area contributed by atoms with Crippen molar-refractivity contribution in [1.29, 1.82) is 0 Å². The van der Waals surface area contributed by atoms with E-state index >= 15 is 0 Å². The Balaban J connectivity index is 1.30. The van der Waals surface area contributed by atoms with E-state index in [-0.39, 0.29) is 33.7 Å². The maximum Gasteiger partial charge on any atom is 0.310 e. The lowest BCUT2D eigenvalue weighted by Crippen LogP contribution is -2.66. The molecule has 1 unspecified atom stereocenters. The van der Waals surface area contributed by atoms with Gasteiger partial charge in [0, 0.05) is 0 Å². The molecule has 6 rings (SSSR count).